The van der Waals surface area contributed by atoms with Crippen LogP contribution in [0.1, 0.15) is 16.9 Å². The highest BCUT2D eigenvalue weighted by Gasteiger charge is 2.16. The van der Waals surface area contributed by atoms with E-state index in [0.29, 0.717) is 11.4 Å². The maximum Gasteiger partial charge on any atom is 0.299 e. The van der Waals surface area contributed by atoms with E-state index < -0.39 is 5.91 Å². The van der Waals surface area contributed by atoms with Crippen molar-refractivity contribution < 1.29 is 9.53 Å². The van der Waals surface area contributed by atoms with Crippen molar-refractivity contribution in [3.8, 4) is 0 Å². The number of hydrogen-bond acceptors (Lipinski definition) is 4. The molecule has 0 N–H and O–H groups in total. The Hall–Kier alpha value is -2.05. The minimum atomic E-state index is -0.438. The van der Waals surface area contributed by atoms with Crippen LogP contribution in [0.3, 0.4) is 0 Å². The van der Waals surface area contributed by atoms with Crippen molar-refractivity contribution in [2.45, 2.75) is 13.0 Å². The maximum atomic E-state index is 12.2. The number of pyridine rings is 1. The zero-order valence-corrected chi connectivity index (χ0v) is 12.6. The number of hydrogen-bond donors (Lipinski definition) is 0. The molecule has 0 saturated carbocycles. The Morgan fingerprint density at radius 3 is 3.05 bits per heavy atom. The lowest BCUT2D eigenvalue weighted by Gasteiger charge is -2.11. The second-order valence-electron chi connectivity index (χ2n) is 5.08. The summed E-state index contributed by atoms with van der Waals surface area (Å²) in [6.07, 6.45) is 5.60. The minimum Gasteiger partial charge on any atom is -0.381 e. The number of aromatic nitrogens is 3. The molecule has 0 radical (unpaired) electrons. The van der Waals surface area contributed by atoms with Crippen LogP contribution in [0.25, 0.3) is 0 Å². The first-order valence-corrected chi connectivity index (χ1v) is 7.40. The van der Waals surface area contributed by atoms with Gasteiger partial charge in [-0.2, -0.15) is 4.99 Å². The first-order chi connectivity index (χ1) is 10.7. The summed E-state index contributed by atoms with van der Waals surface area (Å²) >= 11 is 5.67. The third-order valence-corrected chi connectivity index (χ3v) is 3.65. The summed E-state index contributed by atoms with van der Waals surface area (Å²) in [5.74, 6) is 0.0126. The van der Waals surface area contributed by atoms with E-state index in [4.69, 9.17) is 16.3 Å². The fraction of sp³-hybridized carbons (Fsp3) is 0.333. The van der Waals surface area contributed by atoms with Gasteiger partial charge in [-0.25, -0.2) is 9.97 Å². The summed E-state index contributed by atoms with van der Waals surface area (Å²) in [7, 11) is 0. The van der Waals surface area contributed by atoms with Crippen molar-refractivity contribution in [3.63, 3.8) is 0 Å². The molecule has 0 aromatic carbocycles. The summed E-state index contributed by atoms with van der Waals surface area (Å²) in [6, 6.07) is 5.57. The summed E-state index contributed by atoms with van der Waals surface area (Å²) in [5, 5.41) is 0.243. The van der Waals surface area contributed by atoms with Crippen molar-refractivity contribution in [2.24, 2.45) is 10.9 Å². The fourth-order valence-corrected chi connectivity index (χ4v) is 2.41. The fourth-order valence-electron chi connectivity index (χ4n) is 2.31. The van der Waals surface area contributed by atoms with Crippen LogP contribution < -0.4 is 5.49 Å². The van der Waals surface area contributed by atoms with Crippen LogP contribution >= 0.6 is 11.6 Å². The maximum absolute atomic E-state index is 12.2. The molecule has 3 heterocycles. The van der Waals surface area contributed by atoms with E-state index in [2.05, 4.69) is 15.0 Å². The van der Waals surface area contributed by atoms with Crippen LogP contribution in [-0.2, 0) is 11.3 Å². The van der Waals surface area contributed by atoms with Crippen molar-refractivity contribution >= 4 is 17.5 Å². The Labute approximate surface area is 132 Å². The Kier molecular flexibility index (Phi) is 4.60. The molecule has 2 aromatic heterocycles. The van der Waals surface area contributed by atoms with E-state index in [1.165, 1.54) is 12.4 Å². The SMILES string of the molecule is O=C(/N=c1\ccccn1CC1CCOC1)c1cnc(Cl)cn1. The molecule has 114 valence electrons. The molecule has 3 rings (SSSR count). The molecule has 2 aromatic rings. The third kappa shape index (κ3) is 3.58. The van der Waals surface area contributed by atoms with Gasteiger partial charge in [0, 0.05) is 25.3 Å². The Bertz CT molecular complexity index is 721. The number of amides is 1. The van der Waals surface area contributed by atoms with Gasteiger partial charge < -0.3 is 9.30 Å². The molecule has 1 saturated heterocycles. The number of halogens is 1. The van der Waals surface area contributed by atoms with Gasteiger partial charge in [0.05, 0.1) is 19.0 Å². The van der Waals surface area contributed by atoms with Gasteiger partial charge in [-0.3, -0.25) is 4.79 Å². The van der Waals surface area contributed by atoms with E-state index in [1.54, 1.807) is 6.07 Å². The Balaban J connectivity index is 1.86. The molecular formula is C15H15ClN4O2. The highest BCUT2D eigenvalue weighted by molar-refractivity contribution is 6.29. The molecular weight excluding hydrogens is 304 g/mol. The summed E-state index contributed by atoms with van der Waals surface area (Å²) in [4.78, 5) is 24.1. The summed E-state index contributed by atoms with van der Waals surface area (Å²) in [5.41, 5.74) is 0.764. The molecule has 0 bridgehead atoms. The lowest BCUT2D eigenvalue weighted by atomic mass is 10.1. The average molecular weight is 319 g/mol. The molecule has 1 fully saturated rings. The highest BCUT2D eigenvalue weighted by atomic mass is 35.5. The molecule has 7 heteroatoms. The van der Waals surface area contributed by atoms with Crippen LogP contribution in [-0.4, -0.2) is 33.7 Å². The van der Waals surface area contributed by atoms with Gasteiger partial charge in [0.25, 0.3) is 5.91 Å². The molecule has 6 nitrogen and oxygen atoms in total. The largest absolute Gasteiger partial charge is 0.381 e. The monoisotopic (exact) mass is 318 g/mol. The topological polar surface area (TPSA) is 69.4 Å². The standard InChI is InChI=1S/C15H15ClN4O2/c16-13-8-17-12(7-18-13)15(21)19-14-3-1-2-5-20(14)9-11-4-6-22-10-11/h1-3,5,7-8,11H,4,6,9-10H2/b19-14+. The van der Waals surface area contributed by atoms with Gasteiger partial charge in [-0.05, 0) is 18.6 Å². The van der Waals surface area contributed by atoms with Gasteiger partial charge >= 0.3 is 0 Å². The highest BCUT2D eigenvalue weighted by Crippen LogP contribution is 2.13. The molecule has 1 unspecified atom stereocenters. The first kappa shape index (κ1) is 14.9. The van der Waals surface area contributed by atoms with Gasteiger partial charge in [0.15, 0.2) is 0 Å². The van der Waals surface area contributed by atoms with E-state index in [-0.39, 0.29) is 10.8 Å². The number of ether oxygens (including phenoxy) is 1. The van der Waals surface area contributed by atoms with Gasteiger partial charge in [-0.15, -0.1) is 0 Å². The van der Waals surface area contributed by atoms with Crippen molar-refractivity contribution in [1.82, 2.24) is 14.5 Å². The lowest BCUT2D eigenvalue weighted by Crippen LogP contribution is -2.25. The van der Waals surface area contributed by atoms with Crippen molar-refractivity contribution in [1.29, 1.82) is 0 Å². The molecule has 1 amide bonds. The second-order valence-corrected chi connectivity index (χ2v) is 5.47. The minimum absolute atomic E-state index is 0.170. The summed E-state index contributed by atoms with van der Waals surface area (Å²) in [6.45, 7) is 2.32. The molecule has 0 aliphatic carbocycles. The first-order valence-electron chi connectivity index (χ1n) is 7.02. The molecule has 1 aliphatic heterocycles. The van der Waals surface area contributed by atoms with Crippen molar-refractivity contribution in [2.75, 3.05) is 13.2 Å². The zero-order chi connectivity index (χ0) is 15.4. The van der Waals surface area contributed by atoms with E-state index in [1.807, 2.05) is 22.9 Å². The average Bonchev–Trinajstić information content (AvgIpc) is 3.03. The zero-order valence-electron chi connectivity index (χ0n) is 11.9. The molecule has 1 atom stereocenters. The van der Waals surface area contributed by atoms with Gasteiger partial charge in [0.1, 0.15) is 16.3 Å². The van der Waals surface area contributed by atoms with E-state index in [0.717, 1.165) is 26.2 Å². The lowest BCUT2D eigenvalue weighted by molar-refractivity contribution is 0.0991. The van der Waals surface area contributed by atoms with Crippen LogP contribution in [0.15, 0.2) is 41.8 Å². The summed E-state index contributed by atoms with van der Waals surface area (Å²) < 4.78 is 7.35. The van der Waals surface area contributed by atoms with E-state index >= 15 is 0 Å². The van der Waals surface area contributed by atoms with Crippen molar-refractivity contribution in [3.05, 3.63) is 53.1 Å². The number of nitrogens with zero attached hydrogens (tertiary/aromatic N) is 4. The molecule has 1 aliphatic rings. The van der Waals surface area contributed by atoms with Gasteiger partial charge in [-0.1, -0.05) is 17.7 Å². The Morgan fingerprint density at radius 2 is 2.32 bits per heavy atom. The molecule has 22 heavy (non-hydrogen) atoms. The smallest absolute Gasteiger partial charge is 0.299 e. The van der Waals surface area contributed by atoms with Crippen LogP contribution in [0.2, 0.25) is 5.15 Å². The van der Waals surface area contributed by atoms with Crippen LogP contribution in [0.5, 0.6) is 0 Å². The second kappa shape index (κ2) is 6.81. The normalized spacial score (nSPS) is 18.6. The van der Waals surface area contributed by atoms with Gasteiger partial charge in [0.2, 0.25) is 0 Å². The molecule has 0 spiro atoms. The quantitative estimate of drug-likeness (QED) is 0.864. The number of carbonyl (C=O) groups is 1. The number of carbonyl (C=O) groups excluding carboxylic acids is 1. The van der Waals surface area contributed by atoms with E-state index in [9.17, 15) is 4.79 Å². The number of rotatable bonds is 3. The van der Waals surface area contributed by atoms with Crippen LogP contribution in [0.4, 0.5) is 0 Å². The predicted molar refractivity (Wildman–Crippen MR) is 80.3 cm³/mol. The van der Waals surface area contributed by atoms with Crippen LogP contribution in [0, 0.1) is 5.92 Å². The Morgan fingerprint density at radius 1 is 1.41 bits per heavy atom. The third-order valence-electron chi connectivity index (χ3n) is 3.45. The predicted octanol–water partition coefficient (Wildman–Crippen LogP) is 1.71.